The van der Waals surface area contributed by atoms with E-state index in [0.717, 1.165) is 26.1 Å². The molecule has 11 heteroatoms. The van der Waals surface area contributed by atoms with Crippen molar-refractivity contribution in [1.82, 2.24) is 14.5 Å². The molecule has 4 aromatic rings. The topological polar surface area (TPSA) is 102 Å². The Balaban J connectivity index is 1.46. The normalized spacial score (nSPS) is 11.0. The Kier molecular flexibility index (Phi) is 8.24. The molecule has 192 valence electrons. The summed E-state index contributed by atoms with van der Waals surface area (Å²) in [6.07, 6.45) is 1.10. The van der Waals surface area contributed by atoms with Gasteiger partial charge in [-0.3, -0.25) is 23.5 Å². The summed E-state index contributed by atoms with van der Waals surface area (Å²) >= 11 is 1.55. The fourth-order valence-electron chi connectivity index (χ4n) is 3.89. The molecule has 0 saturated heterocycles. The number of amides is 2. The van der Waals surface area contributed by atoms with Crippen LogP contribution in [0.15, 0.2) is 69.6 Å². The number of nitrogens with one attached hydrogen (secondary N) is 2. The van der Waals surface area contributed by atoms with E-state index >= 15 is 0 Å². The largest absolute Gasteiger partial charge is 0.351 e. The van der Waals surface area contributed by atoms with Crippen LogP contribution in [-0.2, 0) is 29.2 Å². The van der Waals surface area contributed by atoms with E-state index in [1.54, 1.807) is 35.6 Å². The summed E-state index contributed by atoms with van der Waals surface area (Å²) in [5.41, 5.74) is -1.16. The van der Waals surface area contributed by atoms with E-state index < -0.39 is 35.3 Å². The zero-order chi connectivity index (χ0) is 26.4. The molecule has 0 aliphatic rings. The van der Waals surface area contributed by atoms with Crippen LogP contribution in [0.2, 0.25) is 0 Å². The number of para-hydroxylation sites is 1. The van der Waals surface area contributed by atoms with Crippen LogP contribution in [0, 0.1) is 11.6 Å². The molecule has 0 bridgehead atoms. The van der Waals surface area contributed by atoms with Gasteiger partial charge in [-0.25, -0.2) is 13.6 Å². The van der Waals surface area contributed by atoms with E-state index in [-0.39, 0.29) is 35.5 Å². The van der Waals surface area contributed by atoms with Crippen molar-refractivity contribution >= 4 is 39.7 Å². The summed E-state index contributed by atoms with van der Waals surface area (Å²) in [5.74, 6) is -2.58. The Morgan fingerprint density at radius 1 is 0.919 bits per heavy atom. The number of anilines is 1. The molecule has 0 radical (unpaired) electrons. The third-order valence-corrected chi connectivity index (χ3v) is 6.59. The highest BCUT2D eigenvalue weighted by Crippen LogP contribution is 2.15. The molecule has 2 aromatic carbocycles. The fraction of sp³-hybridized carbons (Fsp3) is 0.231. The smallest absolute Gasteiger partial charge is 0.331 e. The highest BCUT2D eigenvalue weighted by Gasteiger charge is 2.16. The first kappa shape index (κ1) is 26.0. The average Bonchev–Trinajstić information content (AvgIpc) is 3.40. The summed E-state index contributed by atoms with van der Waals surface area (Å²) in [6, 6.07) is 12.9. The first-order valence-electron chi connectivity index (χ1n) is 11.6. The van der Waals surface area contributed by atoms with Crippen LogP contribution in [0.1, 0.15) is 24.1 Å². The van der Waals surface area contributed by atoms with Gasteiger partial charge in [-0.1, -0.05) is 18.2 Å². The van der Waals surface area contributed by atoms with Crippen molar-refractivity contribution in [3.05, 3.63) is 97.3 Å². The van der Waals surface area contributed by atoms with Gasteiger partial charge in [-0.05, 0) is 48.6 Å². The molecule has 0 aliphatic heterocycles. The maximum Gasteiger partial charge on any atom is 0.331 e. The lowest BCUT2D eigenvalue weighted by atomic mass is 10.2. The molecule has 4 rings (SSSR count). The van der Waals surface area contributed by atoms with Crippen LogP contribution in [0.3, 0.4) is 0 Å². The number of nitrogens with zero attached hydrogens (tertiary/aromatic N) is 2. The van der Waals surface area contributed by atoms with E-state index in [9.17, 15) is 28.0 Å². The number of hydrogen-bond donors (Lipinski definition) is 2. The Labute approximate surface area is 214 Å². The van der Waals surface area contributed by atoms with Gasteiger partial charge in [0.1, 0.15) is 18.2 Å². The summed E-state index contributed by atoms with van der Waals surface area (Å²) in [7, 11) is 0. The number of hydrogen-bond acceptors (Lipinski definition) is 5. The molecule has 2 heterocycles. The van der Waals surface area contributed by atoms with Crippen molar-refractivity contribution < 1.29 is 18.4 Å². The van der Waals surface area contributed by atoms with Crippen LogP contribution >= 0.6 is 11.3 Å². The second-order valence-electron chi connectivity index (χ2n) is 8.33. The predicted octanol–water partition coefficient (Wildman–Crippen LogP) is 3.63. The summed E-state index contributed by atoms with van der Waals surface area (Å²) in [4.78, 5) is 52.0. The molecule has 8 nitrogen and oxygen atoms in total. The molecule has 0 unspecified atom stereocenters. The SMILES string of the molecule is O=C(CCCCn1c(=O)c2ccccc2n(CC(=O)Nc2ccc(F)cc2F)c1=O)NCc1cccs1. The Morgan fingerprint density at radius 2 is 1.73 bits per heavy atom. The number of fused-ring (bicyclic) bond motifs is 1. The highest BCUT2D eigenvalue weighted by atomic mass is 32.1. The standard InChI is InChI=1S/C26H24F2N4O4S/c27-17-10-11-21(20(28)14-17)30-24(34)16-32-22-8-2-1-7-19(22)25(35)31(26(32)36)12-4-3-9-23(33)29-15-18-6-5-13-37-18/h1-2,5-8,10-11,13-14H,3-4,9,12,15-16H2,(H,29,33)(H,30,34). The zero-order valence-corrected chi connectivity index (χ0v) is 20.5. The lowest BCUT2D eigenvalue weighted by molar-refractivity contribution is -0.121. The summed E-state index contributed by atoms with van der Waals surface area (Å²) in [5, 5.41) is 7.34. The van der Waals surface area contributed by atoms with Gasteiger partial charge in [0.25, 0.3) is 5.56 Å². The van der Waals surface area contributed by atoms with Crippen LogP contribution < -0.4 is 21.9 Å². The molecular weight excluding hydrogens is 502 g/mol. The van der Waals surface area contributed by atoms with Crippen LogP contribution in [0.5, 0.6) is 0 Å². The van der Waals surface area contributed by atoms with Crippen molar-refractivity contribution in [3.63, 3.8) is 0 Å². The predicted molar refractivity (Wildman–Crippen MR) is 137 cm³/mol. The van der Waals surface area contributed by atoms with Gasteiger partial charge < -0.3 is 10.6 Å². The molecule has 0 fully saturated rings. The average molecular weight is 527 g/mol. The monoisotopic (exact) mass is 526 g/mol. The Bertz CT molecular complexity index is 1550. The summed E-state index contributed by atoms with van der Waals surface area (Å²) < 4.78 is 29.3. The number of benzene rings is 2. The second-order valence-corrected chi connectivity index (χ2v) is 9.36. The van der Waals surface area contributed by atoms with Gasteiger partial charge in [0.2, 0.25) is 11.8 Å². The van der Waals surface area contributed by atoms with Gasteiger partial charge in [0.15, 0.2) is 0 Å². The lowest BCUT2D eigenvalue weighted by Gasteiger charge is -2.14. The van der Waals surface area contributed by atoms with E-state index in [2.05, 4.69) is 10.6 Å². The van der Waals surface area contributed by atoms with Crippen LogP contribution in [0.4, 0.5) is 14.5 Å². The fourth-order valence-corrected chi connectivity index (χ4v) is 4.53. The molecule has 0 aliphatic carbocycles. The van der Waals surface area contributed by atoms with E-state index in [1.165, 1.54) is 0 Å². The minimum Gasteiger partial charge on any atom is -0.351 e. The Morgan fingerprint density at radius 3 is 2.49 bits per heavy atom. The molecule has 0 saturated carbocycles. The van der Waals surface area contributed by atoms with Gasteiger partial charge in [0.05, 0.1) is 23.1 Å². The molecule has 0 atom stereocenters. The maximum absolute atomic E-state index is 14.0. The number of carbonyl (C=O) groups excluding carboxylic acids is 2. The number of thiophene rings is 1. The Hall–Kier alpha value is -4.12. The second kappa shape index (κ2) is 11.7. The molecule has 2 aromatic heterocycles. The number of carbonyl (C=O) groups is 2. The third kappa shape index (κ3) is 6.36. The minimum atomic E-state index is -0.949. The first-order chi connectivity index (χ1) is 17.8. The molecule has 2 amide bonds. The molecule has 0 spiro atoms. The van der Waals surface area contributed by atoms with E-state index in [0.29, 0.717) is 25.5 Å². The van der Waals surface area contributed by atoms with Crippen molar-refractivity contribution in [2.24, 2.45) is 0 Å². The van der Waals surface area contributed by atoms with Crippen LogP contribution in [-0.4, -0.2) is 20.9 Å². The van der Waals surface area contributed by atoms with Crippen molar-refractivity contribution in [1.29, 1.82) is 0 Å². The van der Waals surface area contributed by atoms with Gasteiger partial charge in [0, 0.05) is 23.9 Å². The summed E-state index contributed by atoms with van der Waals surface area (Å²) in [6.45, 7) is 0.0334. The zero-order valence-electron chi connectivity index (χ0n) is 19.7. The van der Waals surface area contributed by atoms with E-state index in [4.69, 9.17) is 0 Å². The quantitative estimate of drug-likeness (QED) is 0.308. The molecule has 37 heavy (non-hydrogen) atoms. The lowest BCUT2D eigenvalue weighted by Crippen LogP contribution is -2.41. The van der Waals surface area contributed by atoms with Gasteiger partial charge in [-0.15, -0.1) is 11.3 Å². The number of rotatable bonds is 10. The third-order valence-electron chi connectivity index (χ3n) is 5.71. The van der Waals surface area contributed by atoms with Gasteiger partial charge in [-0.2, -0.15) is 0 Å². The van der Waals surface area contributed by atoms with Crippen molar-refractivity contribution in [2.45, 2.75) is 38.9 Å². The van der Waals surface area contributed by atoms with Gasteiger partial charge >= 0.3 is 5.69 Å². The molecule has 2 N–H and O–H groups in total. The maximum atomic E-state index is 14.0. The first-order valence-corrected chi connectivity index (χ1v) is 12.5. The van der Waals surface area contributed by atoms with Crippen molar-refractivity contribution in [3.8, 4) is 0 Å². The van der Waals surface area contributed by atoms with Crippen LogP contribution in [0.25, 0.3) is 10.9 Å². The minimum absolute atomic E-state index is 0.0644. The highest BCUT2D eigenvalue weighted by molar-refractivity contribution is 7.09. The molecular formula is C26H24F2N4O4S. The van der Waals surface area contributed by atoms with E-state index in [1.807, 2.05) is 17.5 Å². The number of halogens is 2. The van der Waals surface area contributed by atoms with Crippen molar-refractivity contribution in [2.75, 3.05) is 5.32 Å². The number of aromatic nitrogens is 2. The number of unbranched alkanes of at least 4 members (excludes halogenated alkanes) is 1.